The van der Waals surface area contributed by atoms with Gasteiger partial charge in [-0.1, -0.05) is 20.8 Å². The molecule has 0 saturated carbocycles. The summed E-state index contributed by atoms with van der Waals surface area (Å²) in [7, 11) is 0. The van der Waals surface area contributed by atoms with Gasteiger partial charge in [-0.15, -0.1) is 0 Å². The van der Waals surface area contributed by atoms with Gasteiger partial charge in [-0.2, -0.15) is 0 Å². The minimum atomic E-state index is -0.856. The number of aliphatic carboxylic acids is 1. The Morgan fingerprint density at radius 1 is 1.53 bits per heavy atom. The molecule has 1 saturated heterocycles. The van der Waals surface area contributed by atoms with Crippen molar-refractivity contribution in [3.05, 3.63) is 0 Å². The lowest BCUT2D eigenvalue weighted by Gasteiger charge is -2.27. The third-order valence-corrected chi connectivity index (χ3v) is 3.56. The van der Waals surface area contributed by atoms with Crippen molar-refractivity contribution >= 4 is 5.97 Å². The minimum absolute atomic E-state index is 0.305. The van der Waals surface area contributed by atoms with Gasteiger partial charge >= 0.3 is 5.97 Å². The molecule has 0 aromatic rings. The van der Waals surface area contributed by atoms with E-state index in [9.17, 15) is 4.79 Å². The van der Waals surface area contributed by atoms with Crippen LogP contribution in [0.2, 0.25) is 0 Å². The van der Waals surface area contributed by atoms with Crippen molar-refractivity contribution in [3.63, 3.8) is 0 Å². The highest BCUT2D eigenvalue weighted by molar-refractivity contribution is 5.72. The summed E-state index contributed by atoms with van der Waals surface area (Å²) < 4.78 is 5.24. The van der Waals surface area contributed by atoms with E-state index in [0.717, 1.165) is 19.5 Å². The smallest absolute Gasteiger partial charge is 0.334 e. The lowest BCUT2D eigenvalue weighted by Crippen LogP contribution is -2.38. The highest BCUT2D eigenvalue weighted by Gasteiger charge is 2.33. The molecule has 1 rings (SSSR count). The second kappa shape index (κ2) is 5.83. The van der Waals surface area contributed by atoms with Crippen molar-refractivity contribution in [1.82, 2.24) is 4.90 Å². The predicted octanol–water partition coefficient (Wildman–Crippen LogP) is 1.84. The summed E-state index contributed by atoms with van der Waals surface area (Å²) in [6, 6.07) is 0. The van der Waals surface area contributed by atoms with Gasteiger partial charge < -0.3 is 9.84 Å². The standard InChI is InChI=1S/C13H25NO3/c1-5-17-11(12(15)16)9-14-7-6-10(8-14)13(2,3)4/h10-11H,5-9H2,1-4H3,(H,15,16). The van der Waals surface area contributed by atoms with E-state index in [-0.39, 0.29) is 0 Å². The number of rotatable bonds is 5. The zero-order chi connectivity index (χ0) is 13.1. The average molecular weight is 243 g/mol. The Morgan fingerprint density at radius 2 is 2.18 bits per heavy atom. The van der Waals surface area contributed by atoms with E-state index in [1.54, 1.807) is 0 Å². The maximum Gasteiger partial charge on any atom is 0.334 e. The van der Waals surface area contributed by atoms with Gasteiger partial charge in [-0.05, 0) is 31.2 Å². The molecule has 0 bridgehead atoms. The fourth-order valence-corrected chi connectivity index (χ4v) is 2.34. The van der Waals surface area contributed by atoms with E-state index in [4.69, 9.17) is 9.84 Å². The summed E-state index contributed by atoms with van der Waals surface area (Å²) in [4.78, 5) is 13.2. The molecule has 1 fully saturated rings. The molecule has 0 aromatic heterocycles. The Labute approximate surface area is 104 Å². The van der Waals surface area contributed by atoms with Crippen LogP contribution in [-0.4, -0.2) is 48.3 Å². The first kappa shape index (κ1) is 14.5. The molecule has 1 aliphatic rings. The summed E-state index contributed by atoms with van der Waals surface area (Å²) >= 11 is 0. The largest absolute Gasteiger partial charge is 0.479 e. The van der Waals surface area contributed by atoms with E-state index < -0.39 is 12.1 Å². The molecule has 1 aliphatic heterocycles. The molecule has 1 N–H and O–H groups in total. The van der Waals surface area contributed by atoms with Crippen LogP contribution in [0, 0.1) is 11.3 Å². The number of ether oxygens (including phenoxy) is 1. The van der Waals surface area contributed by atoms with Gasteiger partial charge in [0.15, 0.2) is 6.10 Å². The first-order valence-electron chi connectivity index (χ1n) is 6.41. The fourth-order valence-electron chi connectivity index (χ4n) is 2.34. The summed E-state index contributed by atoms with van der Waals surface area (Å²) in [5, 5.41) is 9.04. The van der Waals surface area contributed by atoms with Crippen molar-refractivity contribution in [1.29, 1.82) is 0 Å². The van der Waals surface area contributed by atoms with Gasteiger partial charge in [-0.3, -0.25) is 4.90 Å². The molecule has 2 atom stereocenters. The number of nitrogens with zero attached hydrogens (tertiary/aromatic N) is 1. The van der Waals surface area contributed by atoms with Crippen LogP contribution in [0.4, 0.5) is 0 Å². The lowest BCUT2D eigenvalue weighted by molar-refractivity contribution is -0.151. The third kappa shape index (κ3) is 4.28. The number of hydrogen-bond donors (Lipinski definition) is 1. The first-order chi connectivity index (χ1) is 7.84. The fraction of sp³-hybridized carbons (Fsp3) is 0.923. The third-order valence-electron chi connectivity index (χ3n) is 3.56. The monoisotopic (exact) mass is 243 g/mol. The molecule has 4 nitrogen and oxygen atoms in total. The Balaban J connectivity index is 2.46. The highest BCUT2D eigenvalue weighted by atomic mass is 16.5. The van der Waals surface area contributed by atoms with Crippen LogP contribution in [0.3, 0.4) is 0 Å². The van der Waals surface area contributed by atoms with E-state index in [0.29, 0.717) is 24.5 Å². The number of hydrogen-bond acceptors (Lipinski definition) is 3. The molecule has 0 radical (unpaired) electrons. The molecule has 4 heteroatoms. The van der Waals surface area contributed by atoms with Crippen molar-refractivity contribution in [2.24, 2.45) is 11.3 Å². The second-order valence-corrected chi connectivity index (χ2v) is 5.89. The van der Waals surface area contributed by atoms with Gasteiger partial charge in [0.2, 0.25) is 0 Å². The van der Waals surface area contributed by atoms with Crippen LogP contribution in [0.15, 0.2) is 0 Å². The van der Waals surface area contributed by atoms with E-state index >= 15 is 0 Å². The maximum atomic E-state index is 11.0. The van der Waals surface area contributed by atoms with Gasteiger partial charge in [0.05, 0.1) is 0 Å². The molecular formula is C13H25NO3. The van der Waals surface area contributed by atoms with Crippen LogP contribution < -0.4 is 0 Å². The average Bonchev–Trinajstić information content (AvgIpc) is 2.64. The van der Waals surface area contributed by atoms with Crippen LogP contribution >= 0.6 is 0 Å². The summed E-state index contributed by atoms with van der Waals surface area (Å²) in [5.74, 6) is -0.204. The molecule has 0 aliphatic carbocycles. The topological polar surface area (TPSA) is 49.8 Å². The molecule has 0 amide bonds. The zero-order valence-electron chi connectivity index (χ0n) is 11.4. The molecular weight excluding hydrogens is 218 g/mol. The number of likely N-dealkylation sites (tertiary alicyclic amines) is 1. The molecule has 17 heavy (non-hydrogen) atoms. The zero-order valence-corrected chi connectivity index (χ0v) is 11.4. The van der Waals surface area contributed by atoms with Crippen molar-refractivity contribution < 1.29 is 14.6 Å². The maximum absolute atomic E-state index is 11.0. The Morgan fingerprint density at radius 3 is 2.59 bits per heavy atom. The summed E-state index contributed by atoms with van der Waals surface area (Å²) in [6.07, 6.45) is 0.473. The van der Waals surface area contributed by atoms with E-state index in [1.807, 2.05) is 6.92 Å². The minimum Gasteiger partial charge on any atom is -0.479 e. The van der Waals surface area contributed by atoms with Gasteiger partial charge in [0.1, 0.15) is 0 Å². The van der Waals surface area contributed by atoms with Crippen LogP contribution in [0.25, 0.3) is 0 Å². The molecule has 1 heterocycles. The molecule has 0 spiro atoms. The number of carbonyl (C=O) groups is 1. The van der Waals surface area contributed by atoms with Crippen LogP contribution in [-0.2, 0) is 9.53 Å². The highest BCUT2D eigenvalue weighted by Crippen LogP contribution is 2.33. The Kier molecular flexibility index (Phi) is 4.95. The SMILES string of the molecule is CCOC(CN1CCC(C(C)(C)C)C1)C(=O)O. The van der Waals surface area contributed by atoms with Crippen molar-refractivity contribution in [2.45, 2.75) is 40.2 Å². The Hall–Kier alpha value is -0.610. The summed E-state index contributed by atoms with van der Waals surface area (Å²) in [6.45, 7) is 11.5. The molecule has 2 unspecified atom stereocenters. The van der Waals surface area contributed by atoms with Gasteiger partial charge in [0, 0.05) is 19.7 Å². The quantitative estimate of drug-likeness (QED) is 0.800. The molecule has 0 aromatic carbocycles. The lowest BCUT2D eigenvalue weighted by atomic mass is 9.80. The number of carboxylic acids is 1. The molecule has 100 valence electrons. The van der Waals surface area contributed by atoms with Crippen molar-refractivity contribution in [3.8, 4) is 0 Å². The van der Waals surface area contributed by atoms with Crippen LogP contribution in [0.5, 0.6) is 0 Å². The van der Waals surface area contributed by atoms with Gasteiger partial charge in [-0.25, -0.2) is 4.79 Å². The first-order valence-corrected chi connectivity index (χ1v) is 6.41. The summed E-state index contributed by atoms with van der Waals surface area (Å²) in [5.41, 5.74) is 0.305. The number of carboxylic acid groups (broad SMARTS) is 1. The van der Waals surface area contributed by atoms with E-state index in [1.165, 1.54) is 0 Å². The second-order valence-electron chi connectivity index (χ2n) is 5.89. The van der Waals surface area contributed by atoms with E-state index in [2.05, 4.69) is 25.7 Å². The van der Waals surface area contributed by atoms with Gasteiger partial charge in [0.25, 0.3) is 0 Å². The predicted molar refractivity (Wildman–Crippen MR) is 67.1 cm³/mol. The Bertz CT molecular complexity index is 260. The van der Waals surface area contributed by atoms with Crippen LogP contribution in [0.1, 0.15) is 34.1 Å². The normalized spacial score (nSPS) is 23.9. The van der Waals surface area contributed by atoms with Crippen molar-refractivity contribution in [2.75, 3.05) is 26.2 Å².